The molecular formula is C12H9Cl2NO2. The molecule has 0 fully saturated rings. The summed E-state index contributed by atoms with van der Waals surface area (Å²) < 4.78 is 4.84. The molecule has 0 bridgehead atoms. The van der Waals surface area contributed by atoms with Crippen molar-refractivity contribution in [3.05, 3.63) is 58.0 Å². The van der Waals surface area contributed by atoms with Gasteiger partial charge in [0.15, 0.2) is 0 Å². The molecule has 88 valence electrons. The number of rotatable bonds is 3. The molecule has 0 spiro atoms. The minimum Gasteiger partial charge on any atom is -0.452 e. The predicted molar refractivity (Wildman–Crippen MR) is 66.3 cm³/mol. The summed E-state index contributed by atoms with van der Waals surface area (Å²) in [4.78, 5) is 11.7. The van der Waals surface area contributed by atoms with E-state index in [1.807, 2.05) is 12.1 Å². The number of hydrogen-bond donors (Lipinski definition) is 1. The fourth-order valence-corrected chi connectivity index (χ4v) is 1.79. The zero-order chi connectivity index (χ0) is 12.3. The fraction of sp³-hybridized carbons (Fsp3) is 0.0833. The van der Waals surface area contributed by atoms with Gasteiger partial charge in [0.1, 0.15) is 0 Å². The highest BCUT2D eigenvalue weighted by Gasteiger charge is 2.12. The lowest BCUT2D eigenvalue weighted by Gasteiger charge is -2.04. The summed E-state index contributed by atoms with van der Waals surface area (Å²) in [7, 11) is 0. The van der Waals surface area contributed by atoms with E-state index >= 15 is 0 Å². The van der Waals surface area contributed by atoms with Crippen LogP contribution in [0, 0.1) is 0 Å². The number of benzene rings is 1. The first-order valence-corrected chi connectivity index (χ1v) is 5.68. The summed E-state index contributed by atoms with van der Waals surface area (Å²) >= 11 is 11.5. The monoisotopic (exact) mass is 269 g/mol. The molecule has 1 amide bonds. The van der Waals surface area contributed by atoms with Gasteiger partial charge in [-0.05, 0) is 35.4 Å². The molecule has 1 aromatic carbocycles. The van der Waals surface area contributed by atoms with Crippen molar-refractivity contribution in [2.24, 2.45) is 0 Å². The maximum Gasteiger partial charge on any atom is 0.256 e. The van der Waals surface area contributed by atoms with Gasteiger partial charge in [0, 0.05) is 11.6 Å². The van der Waals surface area contributed by atoms with Gasteiger partial charge in [-0.1, -0.05) is 23.7 Å². The van der Waals surface area contributed by atoms with Crippen molar-refractivity contribution < 1.29 is 9.21 Å². The molecule has 1 N–H and O–H groups in total. The van der Waals surface area contributed by atoms with E-state index in [1.165, 1.54) is 12.3 Å². The van der Waals surface area contributed by atoms with Crippen LogP contribution in [-0.4, -0.2) is 5.91 Å². The Labute approximate surface area is 108 Å². The second-order valence-corrected chi connectivity index (χ2v) is 4.20. The van der Waals surface area contributed by atoms with Crippen molar-refractivity contribution in [3.63, 3.8) is 0 Å². The predicted octanol–water partition coefficient (Wildman–Crippen LogP) is 3.52. The molecule has 3 nitrogen and oxygen atoms in total. The van der Waals surface area contributed by atoms with E-state index in [2.05, 4.69) is 5.32 Å². The molecule has 0 aliphatic carbocycles. The Morgan fingerprint density at radius 2 is 2.12 bits per heavy atom. The number of halogens is 2. The van der Waals surface area contributed by atoms with Gasteiger partial charge in [0.2, 0.25) is 5.22 Å². The number of carbonyl (C=O) groups excluding carboxylic acids is 1. The maximum absolute atomic E-state index is 11.7. The van der Waals surface area contributed by atoms with Crippen LogP contribution >= 0.6 is 23.2 Å². The van der Waals surface area contributed by atoms with Crippen LogP contribution in [0.25, 0.3) is 0 Å². The first-order valence-electron chi connectivity index (χ1n) is 4.92. The molecule has 0 atom stereocenters. The topological polar surface area (TPSA) is 42.2 Å². The lowest BCUT2D eigenvalue weighted by atomic mass is 10.2. The van der Waals surface area contributed by atoms with Crippen molar-refractivity contribution in [1.29, 1.82) is 0 Å². The van der Waals surface area contributed by atoms with E-state index in [-0.39, 0.29) is 11.1 Å². The Kier molecular flexibility index (Phi) is 3.71. The highest BCUT2D eigenvalue weighted by molar-refractivity contribution is 6.32. The van der Waals surface area contributed by atoms with Gasteiger partial charge in [-0.3, -0.25) is 4.79 Å². The molecule has 0 radical (unpaired) electrons. The van der Waals surface area contributed by atoms with Gasteiger partial charge in [0.25, 0.3) is 5.91 Å². The Hall–Kier alpha value is -1.45. The zero-order valence-electron chi connectivity index (χ0n) is 8.74. The van der Waals surface area contributed by atoms with Crippen molar-refractivity contribution in [2.75, 3.05) is 0 Å². The first-order chi connectivity index (χ1) is 8.16. The molecule has 5 heteroatoms. The number of furan rings is 1. The van der Waals surface area contributed by atoms with Crippen LogP contribution in [0.3, 0.4) is 0 Å². The standard InChI is InChI=1S/C12H9Cl2NO2/c13-9-3-1-2-8(6-9)7-15-12(16)10-4-5-17-11(10)14/h1-6H,7H2,(H,15,16). The summed E-state index contributed by atoms with van der Waals surface area (Å²) in [5.74, 6) is -0.274. The third-order valence-corrected chi connectivity index (χ3v) is 2.73. The van der Waals surface area contributed by atoms with Gasteiger partial charge >= 0.3 is 0 Å². The fourth-order valence-electron chi connectivity index (χ4n) is 1.38. The zero-order valence-corrected chi connectivity index (χ0v) is 10.3. The van der Waals surface area contributed by atoms with Crippen LogP contribution in [0.5, 0.6) is 0 Å². The second kappa shape index (κ2) is 5.25. The number of nitrogens with one attached hydrogen (secondary N) is 1. The largest absolute Gasteiger partial charge is 0.452 e. The molecule has 2 aromatic rings. The number of carbonyl (C=O) groups is 1. The van der Waals surface area contributed by atoms with E-state index in [9.17, 15) is 4.79 Å². The number of hydrogen-bond acceptors (Lipinski definition) is 2. The molecule has 1 heterocycles. The van der Waals surface area contributed by atoms with E-state index in [1.54, 1.807) is 12.1 Å². The first kappa shape index (κ1) is 12.0. The van der Waals surface area contributed by atoms with Gasteiger partial charge < -0.3 is 9.73 Å². The summed E-state index contributed by atoms with van der Waals surface area (Å²) in [5.41, 5.74) is 1.25. The molecular weight excluding hydrogens is 261 g/mol. The molecule has 0 saturated carbocycles. The van der Waals surface area contributed by atoms with Crippen LogP contribution in [-0.2, 0) is 6.54 Å². The lowest BCUT2D eigenvalue weighted by Crippen LogP contribution is -2.22. The van der Waals surface area contributed by atoms with Gasteiger partial charge in [-0.15, -0.1) is 0 Å². The van der Waals surface area contributed by atoms with Crippen LogP contribution < -0.4 is 5.32 Å². The van der Waals surface area contributed by atoms with Gasteiger partial charge in [-0.25, -0.2) is 0 Å². The summed E-state index contributed by atoms with van der Waals surface area (Å²) in [6, 6.07) is 8.80. The smallest absolute Gasteiger partial charge is 0.256 e. The van der Waals surface area contributed by atoms with Crippen LogP contribution in [0.4, 0.5) is 0 Å². The third-order valence-electron chi connectivity index (χ3n) is 2.20. The van der Waals surface area contributed by atoms with Gasteiger partial charge in [0.05, 0.1) is 11.8 Å². The molecule has 0 unspecified atom stereocenters. The van der Waals surface area contributed by atoms with Crippen LogP contribution in [0.15, 0.2) is 41.0 Å². The molecule has 1 aromatic heterocycles. The molecule has 0 aliphatic rings. The van der Waals surface area contributed by atoms with Crippen LogP contribution in [0.2, 0.25) is 10.2 Å². The quantitative estimate of drug-likeness (QED) is 0.927. The highest BCUT2D eigenvalue weighted by atomic mass is 35.5. The Bertz CT molecular complexity index is 537. The normalized spacial score (nSPS) is 10.2. The summed E-state index contributed by atoms with van der Waals surface area (Å²) in [6.45, 7) is 0.390. The molecule has 17 heavy (non-hydrogen) atoms. The van der Waals surface area contributed by atoms with E-state index in [4.69, 9.17) is 27.6 Å². The Morgan fingerprint density at radius 3 is 2.76 bits per heavy atom. The minimum atomic E-state index is -0.274. The Balaban J connectivity index is 1.99. The number of amides is 1. The van der Waals surface area contributed by atoms with E-state index < -0.39 is 0 Å². The van der Waals surface area contributed by atoms with E-state index in [0.717, 1.165) is 5.56 Å². The van der Waals surface area contributed by atoms with Crippen molar-refractivity contribution in [2.45, 2.75) is 6.54 Å². The van der Waals surface area contributed by atoms with Gasteiger partial charge in [-0.2, -0.15) is 0 Å². The molecule has 0 saturated heterocycles. The van der Waals surface area contributed by atoms with Crippen LogP contribution in [0.1, 0.15) is 15.9 Å². The molecule has 0 aliphatic heterocycles. The maximum atomic E-state index is 11.7. The van der Waals surface area contributed by atoms with Crippen molar-refractivity contribution in [3.8, 4) is 0 Å². The van der Waals surface area contributed by atoms with Crippen molar-refractivity contribution in [1.82, 2.24) is 5.32 Å². The second-order valence-electron chi connectivity index (χ2n) is 3.42. The summed E-state index contributed by atoms with van der Waals surface area (Å²) in [6.07, 6.45) is 1.37. The minimum absolute atomic E-state index is 0.0913. The summed E-state index contributed by atoms with van der Waals surface area (Å²) in [5, 5.41) is 3.46. The van der Waals surface area contributed by atoms with E-state index in [0.29, 0.717) is 17.1 Å². The Morgan fingerprint density at radius 1 is 1.29 bits per heavy atom. The van der Waals surface area contributed by atoms with Crippen molar-refractivity contribution >= 4 is 29.1 Å². The SMILES string of the molecule is O=C(NCc1cccc(Cl)c1)c1ccoc1Cl. The lowest BCUT2D eigenvalue weighted by molar-refractivity contribution is 0.0950. The molecule has 2 rings (SSSR count). The average molecular weight is 270 g/mol. The average Bonchev–Trinajstić information content (AvgIpc) is 2.72. The highest BCUT2D eigenvalue weighted by Crippen LogP contribution is 2.16. The third kappa shape index (κ3) is 3.02.